The van der Waals surface area contributed by atoms with Crippen molar-refractivity contribution in [1.29, 1.82) is 0 Å². The van der Waals surface area contributed by atoms with E-state index in [-0.39, 0.29) is 23.6 Å². The molecule has 2 aromatic rings. The summed E-state index contributed by atoms with van der Waals surface area (Å²) in [5.74, 6) is -0.0188. The van der Waals surface area contributed by atoms with Crippen LogP contribution in [-0.2, 0) is 4.74 Å². The third-order valence-corrected chi connectivity index (χ3v) is 5.43. The Morgan fingerprint density at radius 1 is 1.15 bits per heavy atom. The first-order chi connectivity index (χ1) is 12.4. The molecule has 1 amide bonds. The average Bonchev–Trinajstić information content (AvgIpc) is 2.62. The molecule has 1 heterocycles. The molecule has 3 rings (SSSR count). The van der Waals surface area contributed by atoms with Gasteiger partial charge in [-0.2, -0.15) is 0 Å². The van der Waals surface area contributed by atoms with Gasteiger partial charge in [0.1, 0.15) is 0 Å². The highest BCUT2D eigenvalue weighted by atomic mass is 35.5. The molecule has 4 heteroatoms. The molecular weight excluding hydrogens is 346 g/mol. The van der Waals surface area contributed by atoms with E-state index in [1.54, 1.807) is 12.1 Å². The Morgan fingerprint density at radius 2 is 1.81 bits per heavy atom. The minimum Gasteiger partial charge on any atom is -0.375 e. The van der Waals surface area contributed by atoms with Crippen LogP contribution in [-0.4, -0.2) is 29.1 Å². The highest BCUT2D eigenvalue weighted by molar-refractivity contribution is 6.33. The van der Waals surface area contributed by atoms with E-state index in [0.717, 1.165) is 18.4 Å². The lowest BCUT2D eigenvalue weighted by atomic mass is 9.90. The molecule has 0 aromatic heterocycles. The third kappa shape index (κ3) is 4.11. The summed E-state index contributed by atoms with van der Waals surface area (Å²) in [7, 11) is 0. The van der Waals surface area contributed by atoms with Crippen LogP contribution in [0.2, 0.25) is 5.02 Å². The van der Waals surface area contributed by atoms with Crippen molar-refractivity contribution >= 4 is 17.5 Å². The van der Waals surface area contributed by atoms with Gasteiger partial charge in [0.05, 0.1) is 22.2 Å². The molecule has 2 aromatic carbocycles. The van der Waals surface area contributed by atoms with Crippen molar-refractivity contribution in [3.8, 4) is 0 Å². The van der Waals surface area contributed by atoms with Gasteiger partial charge in [0.2, 0.25) is 0 Å². The highest BCUT2D eigenvalue weighted by Crippen LogP contribution is 2.34. The number of benzene rings is 2. The van der Waals surface area contributed by atoms with Crippen LogP contribution in [0.25, 0.3) is 0 Å². The monoisotopic (exact) mass is 371 g/mol. The molecule has 0 radical (unpaired) electrons. The summed E-state index contributed by atoms with van der Waals surface area (Å²) in [6, 6.07) is 17.5. The van der Waals surface area contributed by atoms with Gasteiger partial charge in [0, 0.05) is 12.6 Å². The van der Waals surface area contributed by atoms with Gasteiger partial charge in [-0.3, -0.25) is 4.79 Å². The molecule has 1 saturated heterocycles. The number of ether oxygens (including phenoxy) is 1. The Labute approximate surface area is 160 Å². The van der Waals surface area contributed by atoms with E-state index >= 15 is 0 Å². The van der Waals surface area contributed by atoms with Crippen LogP contribution in [0, 0.1) is 0 Å². The fourth-order valence-electron chi connectivity index (χ4n) is 3.76. The number of hydrogen-bond acceptors (Lipinski definition) is 2. The van der Waals surface area contributed by atoms with Crippen LogP contribution in [0.1, 0.15) is 55.6 Å². The Bertz CT molecular complexity index is 760. The molecule has 0 spiro atoms. The molecule has 1 fully saturated rings. The quantitative estimate of drug-likeness (QED) is 0.710. The van der Waals surface area contributed by atoms with Crippen LogP contribution in [0.15, 0.2) is 54.6 Å². The van der Waals surface area contributed by atoms with Gasteiger partial charge in [-0.25, -0.2) is 0 Å². The van der Waals surface area contributed by atoms with Gasteiger partial charge >= 0.3 is 0 Å². The summed E-state index contributed by atoms with van der Waals surface area (Å²) in [5.41, 5.74) is 1.44. The summed E-state index contributed by atoms with van der Waals surface area (Å²) in [4.78, 5) is 15.5. The minimum atomic E-state index is -0.238. The molecule has 1 aliphatic heterocycles. The van der Waals surface area contributed by atoms with E-state index < -0.39 is 0 Å². The maximum Gasteiger partial charge on any atom is 0.256 e. The smallest absolute Gasteiger partial charge is 0.256 e. The molecule has 0 bridgehead atoms. The number of nitrogens with zero attached hydrogens (tertiary/aromatic N) is 1. The van der Waals surface area contributed by atoms with E-state index in [4.69, 9.17) is 16.3 Å². The number of halogens is 1. The van der Waals surface area contributed by atoms with Crippen molar-refractivity contribution in [1.82, 2.24) is 4.90 Å². The number of rotatable bonds is 4. The van der Waals surface area contributed by atoms with Crippen LogP contribution in [0.5, 0.6) is 0 Å². The van der Waals surface area contributed by atoms with Crippen LogP contribution in [0.4, 0.5) is 0 Å². The van der Waals surface area contributed by atoms with E-state index in [1.807, 2.05) is 35.2 Å². The maximum atomic E-state index is 13.5. The molecule has 1 aliphatic rings. The summed E-state index contributed by atoms with van der Waals surface area (Å²) < 4.78 is 5.88. The second kappa shape index (κ2) is 7.81. The van der Waals surface area contributed by atoms with Crippen molar-refractivity contribution in [2.75, 3.05) is 6.61 Å². The lowest BCUT2D eigenvalue weighted by molar-refractivity contribution is -0.0823. The standard InChI is InChI=1S/C22H26ClNO2/c1-16(17-9-5-4-6-10-17)24(18-13-14-26-22(2,3)15-18)21(25)19-11-7-8-12-20(19)23/h4-12,16,18H,13-15H2,1-3H3/t16-,18-/m0/s1. The number of carbonyl (C=O) groups excluding carboxylic acids is 1. The Hall–Kier alpha value is -1.84. The minimum absolute atomic E-state index is 0.0188. The summed E-state index contributed by atoms with van der Waals surface area (Å²) in [5, 5.41) is 0.495. The van der Waals surface area contributed by atoms with E-state index in [0.29, 0.717) is 17.2 Å². The largest absolute Gasteiger partial charge is 0.375 e. The highest BCUT2D eigenvalue weighted by Gasteiger charge is 2.37. The second-order valence-corrected chi connectivity index (χ2v) is 7.94. The van der Waals surface area contributed by atoms with E-state index in [9.17, 15) is 4.79 Å². The zero-order valence-corrected chi connectivity index (χ0v) is 16.4. The van der Waals surface area contributed by atoms with Gasteiger partial charge in [-0.05, 0) is 51.3 Å². The van der Waals surface area contributed by atoms with Crippen molar-refractivity contribution in [3.05, 3.63) is 70.7 Å². The predicted octanol–water partition coefficient (Wildman–Crippen LogP) is 5.50. The number of hydrogen-bond donors (Lipinski definition) is 0. The lowest BCUT2D eigenvalue weighted by Gasteiger charge is -2.44. The first-order valence-electron chi connectivity index (χ1n) is 9.15. The summed E-state index contributed by atoms with van der Waals surface area (Å²) in [6.07, 6.45) is 1.64. The second-order valence-electron chi connectivity index (χ2n) is 7.53. The van der Waals surface area contributed by atoms with Crippen molar-refractivity contribution in [2.45, 2.75) is 51.3 Å². The number of amides is 1. The topological polar surface area (TPSA) is 29.5 Å². The zero-order valence-electron chi connectivity index (χ0n) is 15.6. The molecule has 2 atom stereocenters. The van der Waals surface area contributed by atoms with Crippen LogP contribution < -0.4 is 0 Å². The molecule has 0 saturated carbocycles. The van der Waals surface area contributed by atoms with Crippen LogP contribution in [0.3, 0.4) is 0 Å². The Kier molecular flexibility index (Phi) is 5.69. The van der Waals surface area contributed by atoms with Gasteiger partial charge in [-0.1, -0.05) is 54.1 Å². The Morgan fingerprint density at radius 3 is 2.46 bits per heavy atom. The van der Waals surface area contributed by atoms with Crippen molar-refractivity contribution in [3.63, 3.8) is 0 Å². The molecular formula is C22H26ClNO2. The van der Waals surface area contributed by atoms with Gasteiger partial charge < -0.3 is 9.64 Å². The van der Waals surface area contributed by atoms with Crippen LogP contribution >= 0.6 is 11.6 Å². The molecule has 0 unspecified atom stereocenters. The molecule has 0 aliphatic carbocycles. The molecule has 3 nitrogen and oxygen atoms in total. The van der Waals surface area contributed by atoms with Gasteiger partial charge in [-0.15, -0.1) is 0 Å². The molecule has 138 valence electrons. The number of carbonyl (C=O) groups is 1. The fraction of sp³-hybridized carbons (Fsp3) is 0.409. The first-order valence-corrected chi connectivity index (χ1v) is 9.53. The van der Waals surface area contributed by atoms with Crippen molar-refractivity contribution in [2.24, 2.45) is 0 Å². The van der Waals surface area contributed by atoms with Gasteiger partial charge in [0.15, 0.2) is 0 Å². The fourth-order valence-corrected chi connectivity index (χ4v) is 3.98. The Balaban J connectivity index is 1.98. The summed E-state index contributed by atoms with van der Waals surface area (Å²) in [6.45, 7) is 6.92. The normalized spacial score (nSPS) is 20.4. The van der Waals surface area contributed by atoms with E-state index in [2.05, 4.69) is 32.9 Å². The molecule has 0 N–H and O–H groups in total. The lowest BCUT2D eigenvalue weighted by Crippen LogP contribution is -2.49. The predicted molar refractivity (Wildman–Crippen MR) is 106 cm³/mol. The zero-order chi connectivity index (χ0) is 18.7. The maximum absolute atomic E-state index is 13.5. The third-order valence-electron chi connectivity index (χ3n) is 5.10. The van der Waals surface area contributed by atoms with Gasteiger partial charge in [0.25, 0.3) is 5.91 Å². The van der Waals surface area contributed by atoms with E-state index in [1.165, 1.54) is 0 Å². The first kappa shape index (κ1) is 18.9. The SMILES string of the molecule is C[C@@H](c1ccccc1)N(C(=O)c1ccccc1Cl)[C@H]1CCOC(C)(C)C1. The summed E-state index contributed by atoms with van der Waals surface area (Å²) >= 11 is 6.34. The molecule has 26 heavy (non-hydrogen) atoms. The average molecular weight is 372 g/mol. The van der Waals surface area contributed by atoms with Crippen molar-refractivity contribution < 1.29 is 9.53 Å².